The van der Waals surface area contributed by atoms with E-state index in [1.54, 1.807) is 0 Å². The van der Waals surface area contributed by atoms with Crippen molar-refractivity contribution in [3.63, 3.8) is 0 Å². The number of ether oxygens (including phenoxy) is 2. The minimum atomic E-state index is 0.588. The van der Waals surface area contributed by atoms with Gasteiger partial charge in [-0.3, -0.25) is 0 Å². The molecule has 0 amide bonds. The Morgan fingerprint density at radius 2 is 1.00 bits per heavy atom. The second-order valence-corrected chi connectivity index (χ2v) is 12.2. The Labute approximate surface area is 212 Å². The predicted molar refractivity (Wildman–Crippen MR) is 147 cm³/mol. The van der Waals surface area contributed by atoms with E-state index >= 15 is 0 Å². The quantitative estimate of drug-likeness (QED) is 0.143. The zero-order valence-electron chi connectivity index (χ0n) is 22.5. The standard InChI is InChI=1S/C30H58O2S/c1-3-5-17-27(29-21-15-23-31-29)19-11-7-9-13-25-33-26-14-10-8-12-20-28(18-6-4-2)30-22-16-24-32-30/h27-30H,3-26H2,1-2H3. The van der Waals surface area contributed by atoms with Crippen molar-refractivity contribution in [1.82, 2.24) is 0 Å². The van der Waals surface area contributed by atoms with Gasteiger partial charge in [0.05, 0.1) is 12.2 Å². The molecule has 0 aromatic heterocycles. The Hall–Kier alpha value is 0.270. The van der Waals surface area contributed by atoms with E-state index in [4.69, 9.17) is 9.47 Å². The minimum absolute atomic E-state index is 0.588. The Morgan fingerprint density at radius 1 is 0.576 bits per heavy atom. The third kappa shape index (κ3) is 13.8. The van der Waals surface area contributed by atoms with Gasteiger partial charge in [-0.1, -0.05) is 78.1 Å². The van der Waals surface area contributed by atoms with Crippen LogP contribution in [0, 0.1) is 11.8 Å². The van der Waals surface area contributed by atoms with Crippen LogP contribution >= 0.6 is 11.8 Å². The zero-order chi connectivity index (χ0) is 23.4. The van der Waals surface area contributed by atoms with Gasteiger partial charge in [0.25, 0.3) is 0 Å². The zero-order valence-corrected chi connectivity index (χ0v) is 23.3. The SMILES string of the molecule is CCCCC(CCCCCCSCCCCCCC(CCCC)C1CCCO1)C1CCCO1. The van der Waals surface area contributed by atoms with Crippen LogP contribution in [0.1, 0.15) is 142 Å². The Kier molecular flexibility index (Phi) is 18.3. The van der Waals surface area contributed by atoms with Gasteiger partial charge in [-0.05, 0) is 87.5 Å². The maximum absolute atomic E-state index is 6.01. The third-order valence-corrected chi connectivity index (χ3v) is 9.22. The lowest BCUT2D eigenvalue weighted by atomic mass is 9.89. The average Bonchev–Trinajstić information content (AvgIpc) is 3.55. The van der Waals surface area contributed by atoms with E-state index in [-0.39, 0.29) is 0 Å². The van der Waals surface area contributed by atoms with Crippen molar-refractivity contribution >= 4 is 11.8 Å². The fourth-order valence-corrected chi connectivity index (χ4v) is 6.96. The molecule has 2 heterocycles. The van der Waals surface area contributed by atoms with Crippen molar-refractivity contribution < 1.29 is 9.47 Å². The molecule has 2 aliphatic heterocycles. The average molecular weight is 483 g/mol. The summed E-state index contributed by atoms with van der Waals surface area (Å²) in [4.78, 5) is 0. The van der Waals surface area contributed by atoms with Crippen LogP contribution in [0.3, 0.4) is 0 Å². The van der Waals surface area contributed by atoms with Gasteiger partial charge in [0.15, 0.2) is 0 Å². The van der Waals surface area contributed by atoms with Crippen LogP contribution in [-0.4, -0.2) is 36.9 Å². The lowest BCUT2D eigenvalue weighted by Crippen LogP contribution is -2.19. The van der Waals surface area contributed by atoms with Crippen LogP contribution in [0.15, 0.2) is 0 Å². The van der Waals surface area contributed by atoms with E-state index in [9.17, 15) is 0 Å². The molecule has 196 valence electrons. The summed E-state index contributed by atoms with van der Waals surface area (Å²) < 4.78 is 12.0. The molecule has 0 aromatic carbocycles. The monoisotopic (exact) mass is 482 g/mol. The molecule has 2 rings (SSSR count). The molecule has 33 heavy (non-hydrogen) atoms. The molecule has 0 radical (unpaired) electrons. The van der Waals surface area contributed by atoms with Crippen LogP contribution in [0.25, 0.3) is 0 Å². The van der Waals surface area contributed by atoms with Gasteiger partial charge in [-0.25, -0.2) is 0 Å². The number of unbranched alkanes of at least 4 members (excludes halogenated alkanes) is 8. The fraction of sp³-hybridized carbons (Fsp3) is 1.00. The normalized spacial score (nSPS) is 22.7. The summed E-state index contributed by atoms with van der Waals surface area (Å²) in [7, 11) is 0. The number of hydrogen-bond acceptors (Lipinski definition) is 3. The molecule has 0 N–H and O–H groups in total. The molecule has 0 aliphatic carbocycles. The minimum Gasteiger partial charge on any atom is -0.378 e. The van der Waals surface area contributed by atoms with Crippen LogP contribution in [0.2, 0.25) is 0 Å². The molecular weight excluding hydrogens is 424 g/mol. The Balaban J connectivity index is 1.37. The largest absolute Gasteiger partial charge is 0.378 e. The Morgan fingerprint density at radius 3 is 1.39 bits per heavy atom. The highest BCUT2D eigenvalue weighted by Crippen LogP contribution is 2.30. The second kappa shape index (κ2) is 20.5. The maximum Gasteiger partial charge on any atom is 0.0604 e. The van der Waals surface area contributed by atoms with Gasteiger partial charge < -0.3 is 9.47 Å². The summed E-state index contributed by atoms with van der Waals surface area (Å²) in [6.45, 7) is 6.67. The first-order valence-corrected chi connectivity index (χ1v) is 16.3. The molecule has 3 heteroatoms. The molecule has 0 spiro atoms. The van der Waals surface area contributed by atoms with E-state index in [1.807, 2.05) is 0 Å². The van der Waals surface area contributed by atoms with E-state index in [2.05, 4.69) is 25.6 Å². The molecule has 0 aromatic rings. The number of hydrogen-bond donors (Lipinski definition) is 0. The van der Waals surface area contributed by atoms with Crippen molar-refractivity contribution in [1.29, 1.82) is 0 Å². The van der Waals surface area contributed by atoms with Gasteiger partial charge in [0, 0.05) is 13.2 Å². The van der Waals surface area contributed by atoms with Crippen LogP contribution in [0.4, 0.5) is 0 Å². The van der Waals surface area contributed by atoms with Gasteiger partial charge in [0.1, 0.15) is 0 Å². The summed E-state index contributed by atoms with van der Waals surface area (Å²) in [5.41, 5.74) is 0. The molecule has 0 bridgehead atoms. The number of thioether (sulfide) groups is 1. The van der Waals surface area contributed by atoms with E-state index in [0.29, 0.717) is 12.2 Å². The van der Waals surface area contributed by atoms with E-state index < -0.39 is 0 Å². The van der Waals surface area contributed by atoms with Crippen molar-refractivity contribution in [2.75, 3.05) is 24.7 Å². The van der Waals surface area contributed by atoms with Gasteiger partial charge in [-0.15, -0.1) is 0 Å². The first-order valence-electron chi connectivity index (χ1n) is 15.2. The molecular formula is C30H58O2S. The van der Waals surface area contributed by atoms with Crippen LogP contribution < -0.4 is 0 Å². The Bertz CT molecular complexity index is 380. The van der Waals surface area contributed by atoms with E-state index in [1.165, 1.54) is 140 Å². The summed E-state index contributed by atoms with van der Waals surface area (Å²) >= 11 is 2.20. The summed E-state index contributed by atoms with van der Waals surface area (Å²) in [6.07, 6.45) is 28.8. The van der Waals surface area contributed by atoms with Crippen LogP contribution in [0.5, 0.6) is 0 Å². The number of rotatable bonds is 22. The highest BCUT2D eigenvalue weighted by Gasteiger charge is 2.25. The lowest BCUT2D eigenvalue weighted by Gasteiger charge is -2.23. The fourth-order valence-electron chi connectivity index (χ4n) is 5.94. The molecule has 2 nitrogen and oxygen atoms in total. The van der Waals surface area contributed by atoms with Gasteiger partial charge >= 0.3 is 0 Å². The summed E-state index contributed by atoms with van der Waals surface area (Å²) in [5.74, 6) is 4.44. The predicted octanol–water partition coefficient (Wildman–Crippen LogP) is 9.59. The van der Waals surface area contributed by atoms with Crippen molar-refractivity contribution in [2.24, 2.45) is 11.8 Å². The maximum atomic E-state index is 6.01. The molecule has 2 aliphatic rings. The smallest absolute Gasteiger partial charge is 0.0604 e. The van der Waals surface area contributed by atoms with Crippen molar-refractivity contribution in [2.45, 2.75) is 154 Å². The topological polar surface area (TPSA) is 18.5 Å². The highest BCUT2D eigenvalue weighted by molar-refractivity contribution is 7.99. The molecule has 0 saturated carbocycles. The first kappa shape index (κ1) is 29.5. The molecule has 2 saturated heterocycles. The first-order chi connectivity index (χ1) is 16.3. The molecule has 4 unspecified atom stereocenters. The molecule has 2 fully saturated rings. The molecule has 4 atom stereocenters. The summed E-state index contributed by atoms with van der Waals surface area (Å²) in [6, 6.07) is 0. The third-order valence-electron chi connectivity index (χ3n) is 8.07. The van der Waals surface area contributed by atoms with Gasteiger partial charge in [0.2, 0.25) is 0 Å². The van der Waals surface area contributed by atoms with E-state index in [0.717, 1.165) is 25.0 Å². The lowest BCUT2D eigenvalue weighted by molar-refractivity contribution is 0.0539. The summed E-state index contributed by atoms with van der Waals surface area (Å²) in [5, 5.41) is 0. The van der Waals surface area contributed by atoms with Crippen LogP contribution in [-0.2, 0) is 9.47 Å². The van der Waals surface area contributed by atoms with Gasteiger partial charge in [-0.2, -0.15) is 11.8 Å². The van der Waals surface area contributed by atoms with Crippen molar-refractivity contribution in [3.8, 4) is 0 Å². The van der Waals surface area contributed by atoms with Crippen molar-refractivity contribution in [3.05, 3.63) is 0 Å². The second-order valence-electron chi connectivity index (χ2n) is 10.9. The highest BCUT2D eigenvalue weighted by atomic mass is 32.2.